The molecule has 0 amide bonds. The van der Waals surface area contributed by atoms with E-state index in [0.717, 1.165) is 36.4 Å². The molecule has 0 fully saturated rings. The predicted molar refractivity (Wildman–Crippen MR) is 85.5 cm³/mol. The van der Waals surface area contributed by atoms with Crippen LogP contribution < -0.4 is 10.1 Å². The summed E-state index contributed by atoms with van der Waals surface area (Å²) in [5, 5.41) is 3.64. The molecule has 114 valence electrons. The second kappa shape index (κ2) is 8.25. The van der Waals surface area contributed by atoms with Crippen molar-refractivity contribution in [3.05, 3.63) is 23.0 Å². The second-order valence-electron chi connectivity index (χ2n) is 5.89. The number of rotatable bonds is 8. The topological polar surface area (TPSA) is 34.2 Å². The standard InChI is InChI=1S/C17H30N2O/c1-7-10-18-15(12(2)3)8-9-16-14(5)17(20-6)13(4)11-19-16/h11-12,15,18H,7-10H2,1-6H3. The fourth-order valence-electron chi connectivity index (χ4n) is 2.62. The number of ether oxygens (including phenoxy) is 1. The quantitative estimate of drug-likeness (QED) is 0.788. The van der Waals surface area contributed by atoms with Crippen LogP contribution in [0.15, 0.2) is 6.20 Å². The van der Waals surface area contributed by atoms with Crippen LogP contribution in [0.25, 0.3) is 0 Å². The van der Waals surface area contributed by atoms with E-state index in [9.17, 15) is 0 Å². The molecule has 1 N–H and O–H groups in total. The number of aryl methyl sites for hydroxylation is 2. The first-order valence-electron chi connectivity index (χ1n) is 7.73. The molecule has 0 bridgehead atoms. The molecule has 0 aromatic carbocycles. The van der Waals surface area contributed by atoms with Gasteiger partial charge in [-0.25, -0.2) is 0 Å². The summed E-state index contributed by atoms with van der Waals surface area (Å²) in [6, 6.07) is 0.559. The van der Waals surface area contributed by atoms with Gasteiger partial charge in [-0.1, -0.05) is 20.8 Å². The molecule has 3 nitrogen and oxygen atoms in total. The van der Waals surface area contributed by atoms with Gasteiger partial charge in [-0.3, -0.25) is 4.98 Å². The predicted octanol–water partition coefficient (Wildman–Crippen LogP) is 3.66. The molecule has 1 aromatic rings. The summed E-state index contributed by atoms with van der Waals surface area (Å²) in [5.41, 5.74) is 3.46. The van der Waals surface area contributed by atoms with Gasteiger partial charge in [-0.05, 0) is 45.6 Å². The maximum Gasteiger partial charge on any atom is 0.128 e. The summed E-state index contributed by atoms with van der Waals surface area (Å²) in [4.78, 5) is 4.59. The van der Waals surface area contributed by atoms with Crippen molar-refractivity contribution in [1.82, 2.24) is 10.3 Å². The molecule has 1 atom stereocenters. The Bertz CT molecular complexity index is 416. The average Bonchev–Trinajstić information content (AvgIpc) is 2.41. The van der Waals surface area contributed by atoms with Crippen LogP contribution in [0.5, 0.6) is 5.75 Å². The van der Waals surface area contributed by atoms with Gasteiger partial charge in [0.2, 0.25) is 0 Å². The molecular formula is C17H30N2O. The highest BCUT2D eigenvalue weighted by Gasteiger charge is 2.15. The minimum atomic E-state index is 0.559. The second-order valence-corrected chi connectivity index (χ2v) is 5.89. The largest absolute Gasteiger partial charge is 0.496 e. The molecule has 0 saturated heterocycles. The maximum absolute atomic E-state index is 5.48. The minimum absolute atomic E-state index is 0.559. The summed E-state index contributed by atoms with van der Waals surface area (Å²) in [5.74, 6) is 1.63. The highest BCUT2D eigenvalue weighted by molar-refractivity contribution is 5.41. The van der Waals surface area contributed by atoms with Gasteiger partial charge >= 0.3 is 0 Å². The zero-order chi connectivity index (χ0) is 15.1. The molecule has 3 heteroatoms. The van der Waals surface area contributed by atoms with E-state index in [0.29, 0.717) is 12.0 Å². The van der Waals surface area contributed by atoms with Crippen LogP contribution in [0.4, 0.5) is 0 Å². The van der Waals surface area contributed by atoms with Crippen LogP contribution in [0.2, 0.25) is 0 Å². The minimum Gasteiger partial charge on any atom is -0.496 e. The van der Waals surface area contributed by atoms with Crippen molar-refractivity contribution in [3.63, 3.8) is 0 Å². The van der Waals surface area contributed by atoms with E-state index < -0.39 is 0 Å². The lowest BCUT2D eigenvalue weighted by atomic mass is 9.96. The van der Waals surface area contributed by atoms with Crippen LogP contribution in [0.1, 0.15) is 50.4 Å². The van der Waals surface area contributed by atoms with Crippen molar-refractivity contribution in [2.24, 2.45) is 5.92 Å². The van der Waals surface area contributed by atoms with Crippen LogP contribution in [-0.4, -0.2) is 24.7 Å². The van der Waals surface area contributed by atoms with Gasteiger partial charge in [0.25, 0.3) is 0 Å². The summed E-state index contributed by atoms with van der Waals surface area (Å²) in [6.45, 7) is 12.0. The van der Waals surface area contributed by atoms with E-state index in [4.69, 9.17) is 4.74 Å². The Morgan fingerprint density at radius 1 is 1.30 bits per heavy atom. The van der Waals surface area contributed by atoms with E-state index in [1.54, 1.807) is 7.11 Å². The molecule has 0 aliphatic carbocycles. The van der Waals surface area contributed by atoms with Gasteiger partial charge in [-0.15, -0.1) is 0 Å². The van der Waals surface area contributed by atoms with Gasteiger partial charge in [-0.2, -0.15) is 0 Å². The van der Waals surface area contributed by atoms with Crippen molar-refractivity contribution in [3.8, 4) is 5.75 Å². The van der Waals surface area contributed by atoms with Crippen LogP contribution in [0.3, 0.4) is 0 Å². The summed E-state index contributed by atoms with van der Waals surface area (Å²) in [6.07, 6.45) is 5.23. The SMILES string of the molecule is CCCNC(CCc1ncc(C)c(OC)c1C)C(C)C. The molecule has 1 rings (SSSR count). The normalized spacial score (nSPS) is 12.8. The van der Waals surface area contributed by atoms with E-state index in [-0.39, 0.29) is 0 Å². The Hall–Kier alpha value is -1.09. The van der Waals surface area contributed by atoms with Gasteiger partial charge in [0, 0.05) is 29.1 Å². The number of nitrogens with zero attached hydrogens (tertiary/aromatic N) is 1. The lowest BCUT2D eigenvalue weighted by molar-refractivity contribution is 0.375. The Balaban J connectivity index is 2.73. The Kier molecular flexibility index (Phi) is 7.00. The van der Waals surface area contributed by atoms with Crippen molar-refractivity contribution < 1.29 is 4.74 Å². The molecule has 0 spiro atoms. The molecule has 1 heterocycles. The number of aromatic nitrogens is 1. The number of nitrogens with one attached hydrogen (secondary N) is 1. The number of hydrogen-bond acceptors (Lipinski definition) is 3. The summed E-state index contributed by atoms with van der Waals surface area (Å²) in [7, 11) is 1.73. The van der Waals surface area contributed by atoms with Crippen molar-refractivity contribution in [1.29, 1.82) is 0 Å². The van der Waals surface area contributed by atoms with Gasteiger partial charge in [0.1, 0.15) is 5.75 Å². The molecule has 20 heavy (non-hydrogen) atoms. The van der Waals surface area contributed by atoms with Crippen molar-refractivity contribution >= 4 is 0 Å². The Morgan fingerprint density at radius 3 is 2.55 bits per heavy atom. The Morgan fingerprint density at radius 2 is 2.00 bits per heavy atom. The third-order valence-electron chi connectivity index (χ3n) is 3.90. The zero-order valence-corrected chi connectivity index (χ0v) is 13.9. The first kappa shape index (κ1) is 17.0. The fraction of sp³-hybridized carbons (Fsp3) is 0.706. The molecular weight excluding hydrogens is 248 g/mol. The highest BCUT2D eigenvalue weighted by Crippen LogP contribution is 2.25. The third-order valence-corrected chi connectivity index (χ3v) is 3.90. The van der Waals surface area contributed by atoms with Crippen molar-refractivity contribution in [2.45, 2.75) is 59.9 Å². The van der Waals surface area contributed by atoms with E-state index in [1.165, 1.54) is 12.0 Å². The first-order chi connectivity index (χ1) is 9.51. The smallest absolute Gasteiger partial charge is 0.128 e. The zero-order valence-electron chi connectivity index (χ0n) is 13.9. The van der Waals surface area contributed by atoms with Crippen LogP contribution in [0, 0.1) is 19.8 Å². The van der Waals surface area contributed by atoms with Crippen LogP contribution in [-0.2, 0) is 6.42 Å². The maximum atomic E-state index is 5.48. The molecule has 1 unspecified atom stereocenters. The number of methoxy groups -OCH3 is 1. The highest BCUT2D eigenvalue weighted by atomic mass is 16.5. The van der Waals surface area contributed by atoms with E-state index >= 15 is 0 Å². The van der Waals surface area contributed by atoms with E-state index in [1.807, 2.05) is 13.1 Å². The molecule has 1 aromatic heterocycles. The lowest BCUT2D eigenvalue weighted by Gasteiger charge is -2.22. The molecule has 0 aliphatic rings. The average molecular weight is 278 g/mol. The summed E-state index contributed by atoms with van der Waals surface area (Å²) < 4.78 is 5.48. The first-order valence-corrected chi connectivity index (χ1v) is 7.73. The van der Waals surface area contributed by atoms with Gasteiger partial charge in [0.05, 0.1) is 7.11 Å². The van der Waals surface area contributed by atoms with Crippen LogP contribution >= 0.6 is 0 Å². The number of pyridine rings is 1. The molecule has 0 saturated carbocycles. The van der Waals surface area contributed by atoms with Crippen molar-refractivity contribution in [2.75, 3.05) is 13.7 Å². The van der Waals surface area contributed by atoms with Gasteiger partial charge < -0.3 is 10.1 Å². The number of hydrogen-bond donors (Lipinski definition) is 1. The van der Waals surface area contributed by atoms with Gasteiger partial charge in [0.15, 0.2) is 0 Å². The molecule has 0 radical (unpaired) electrons. The monoisotopic (exact) mass is 278 g/mol. The fourth-order valence-corrected chi connectivity index (χ4v) is 2.62. The summed E-state index contributed by atoms with van der Waals surface area (Å²) >= 11 is 0. The van der Waals surface area contributed by atoms with E-state index in [2.05, 4.69) is 38.0 Å². The molecule has 0 aliphatic heterocycles. The Labute approximate surface area is 124 Å². The lowest BCUT2D eigenvalue weighted by Crippen LogP contribution is -2.34. The third kappa shape index (κ3) is 4.48.